The van der Waals surface area contributed by atoms with E-state index in [0.717, 1.165) is 37.9 Å². The first kappa shape index (κ1) is 22.8. The van der Waals surface area contributed by atoms with Crippen LogP contribution in [-0.4, -0.2) is 49.7 Å². The maximum Gasteiger partial charge on any atom is 0.310 e. The van der Waals surface area contributed by atoms with Gasteiger partial charge in [-0.2, -0.15) is 0 Å². The number of benzene rings is 1. The van der Waals surface area contributed by atoms with Crippen LogP contribution in [0, 0.1) is 0 Å². The molecule has 1 aromatic rings. The fourth-order valence-corrected chi connectivity index (χ4v) is 2.62. The molecule has 0 aliphatic heterocycles. The van der Waals surface area contributed by atoms with Gasteiger partial charge >= 0.3 is 5.97 Å². The lowest BCUT2D eigenvalue weighted by Crippen LogP contribution is -2.36. The Morgan fingerprint density at radius 3 is 2.22 bits per heavy atom. The molecule has 0 aliphatic rings. The molecule has 152 valence electrons. The van der Waals surface area contributed by atoms with E-state index >= 15 is 0 Å². The molecule has 1 amide bonds. The lowest BCUT2D eigenvalue weighted by Gasteiger charge is -2.22. The van der Waals surface area contributed by atoms with Crippen LogP contribution in [0.5, 0.6) is 11.5 Å². The first-order valence-electron chi connectivity index (χ1n) is 9.87. The third kappa shape index (κ3) is 8.33. The molecule has 0 aliphatic carbocycles. The van der Waals surface area contributed by atoms with Crippen molar-refractivity contribution in [1.82, 2.24) is 4.90 Å². The third-order valence-electron chi connectivity index (χ3n) is 3.81. The van der Waals surface area contributed by atoms with Gasteiger partial charge in [0.2, 0.25) is 0 Å². The second kappa shape index (κ2) is 13.0. The van der Waals surface area contributed by atoms with Crippen LogP contribution in [-0.2, 0) is 20.7 Å². The predicted molar refractivity (Wildman–Crippen MR) is 105 cm³/mol. The minimum absolute atomic E-state index is 0.0298. The minimum Gasteiger partial charge on any atom is -0.490 e. The normalized spacial score (nSPS) is 10.4. The average Bonchev–Trinajstić information content (AvgIpc) is 2.65. The number of carbonyl (C=O) groups excluding carboxylic acids is 2. The van der Waals surface area contributed by atoms with Crippen molar-refractivity contribution in [1.29, 1.82) is 0 Å². The van der Waals surface area contributed by atoms with Crippen LogP contribution in [0.1, 0.15) is 52.5 Å². The maximum atomic E-state index is 12.4. The van der Waals surface area contributed by atoms with Crippen LogP contribution in [0.3, 0.4) is 0 Å². The summed E-state index contributed by atoms with van der Waals surface area (Å²) in [6, 6.07) is 5.31. The molecule has 6 heteroatoms. The smallest absolute Gasteiger partial charge is 0.310 e. The van der Waals surface area contributed by atoms with Gasteiger partial charge in [-0.05, 0) is 43.9 Å². The molecule has 6 nitrogen and oxygen atoms in total. The number of hydrogen-bond donors (Lipinski definition) is 0. The second-order valence-corrected chi connectivity index (χ2v) is 6.28. The predicted octanol–water partition coefficient (Wildman–Crippen LogP) is 3.61. The van der Waals surface area contributed by atoms with Crippen LogP contribution in [0.4, 0.5) is 0 Å². The topological polar surface area (TPSA) is 65.1 Å². The molecule has 0 atom stereocenters. The SMILES string of the molecule is CCCOC(=O)Cc1ccc(OCC(=O)N(CCC)CCC)c(OCC)c1. The summed E-state index contributed by atoms with van der Waals surface area (Å²) in [5.74, 6) is 0.735. The molecule has 0 saturated carbocycles. The van der Waals surface area contributed by atoms with Gasteiger partial charge in [-0.3, -0.25) is 9.59 Å². The summed E-state index contributed by atoms with van der Waals surface area (Å²) < 4.78 is 16.5. The molecular formula is C21H33NO5. The minimum atomic E-state index is -0.266. The molecule has 0 aromatic heterocycles. The van der Waals surface area contributed by atoms with E-state index in [1.807, 2.05) is 32.6 Å². The van der Waals surface area contributed by atoms with Gasteiger partial charge in [0.1, 0.15) is 0 Å². The van der Waals surface area contributed by atoms with Crippen molar-refractivity contribution in [3.8, 4) is 11.5 Å². The number of esters is 1. The molecule has 0 fully saturated rings. The third-order valence-corrected chi connectivity index (χ3v) is 3.81. The fraction of sp³-hybridized carbons (Fsp3) is 0.619. The average molecular weight is 379 g/mol. The standard InChI is InChI=1S/C21H33NO5/c1-5-11-22(12-6-2)20(23)16-27-18-10-9-17(14-19(18)25-8-4)15-21(24)26-13-7-3/h9-10,14H,5-8,11-13,15-16H2,1-4H3. The molecule has 0 heterocycles. The summed E-state index contributed by atoms with van der Waals surface area (Å²) in [4.78, 5) is 26.0. The number of nitrogens with zero attached hydrogens (tertiary/aromatic N) is 1. The zero-order valence-electron chi connectivity index (χ0n) is 17.1. The number of hydrogen-bond acceptors (Lipinski definition) is 5. The molecule has 0 N–H and O–H groups in total. The zero-order valence-corrected chi connectivity index (χ0v) is 17.1. The van der Waals surface area contributed by atoms with Gasteiger partial charge in [-0.25, -0.2) is 0 Å². The highest BCUT2D eigenvalue weighted by atomic mass is 16.5. The van der Waals surface area contributed by atoms with E-state index < -0.39 is 0 Å². The van der Waals surface area contributed by atoms with E-state index in [1.165, 1.54) is 0 Å². The lowest BCUT2D eigenvalue weighted by atomic mass is 10.1. The highest BCUT2D eigenvalue weighted by Crippen LogP contribution is 2.29. The van der Waals surface area contributed by atoms with Crippen molar-refractivity contribution in [3.63, 3.8) is 0 Å². The number of rotatable bonds is 13. The van der Waals surface area contributed by atoms with Gasteiger partial charge in [-0.15, -0.1) is 0 Å². The van der Waals surface area contributed by atoms with Crippen molar-refractivity contribution in [2.45, 2.75) is 53.4 Å². The van der Waals surface area contributed by atoms with Gasteiger partial charge in [0.25, 0.3) is 5.91 Å². The first-order valence-corrected chi connectivity index (χ1v) is 9.87. The zero-order chi connectivity index (χ0) is 20.1. The molecule has 0 spiro atoms. The van der Waals surface area contributed by atoms with E-state index in [9.17, 15) is 9.59 Å². The Balaban J connectivity index is 2.76. The molecule has 0 radical (unpaired) electrons. The second-order valence-electron chi connectivity index (χ2n) is 6.28. The molecule has 27 heavy (non-hydrogen) atoms. The van der Waals surface area contributed by atoms with Crippen LogP contribution in [0.25, 0.3) is 0 Å². The van der Waals surface area contributed by atoms with E-state index in [1.54, 1.807) is 18.2 Å². The molecular weight excluding hydrogens is 346 g/mol. The van der Waals surface area contributed by atoms with E-state index in [-0.39, 0.29) is 24.9 Å². The largest absolute Gasteiger partial charge is 0.490 e. The van der Waals surface area contributed by atoms with Crippen LogP contribution >= 0.6 is 0 Å². The van der Waals surface area contributed by atoms with Crippen LogP contribution in [0.15, 0.2) is 18.2 Å². The summed E-state index contributed by atoms with van der Waals surface area (Å²) in [6.45, 7) is 10.2. The van der Waals surface area contributed by atoms with Gasteiger partial charge in [0.05, 0.1) is 19.6 Å². The highest BCUT2D eigenvalue weighted by molar-refractivity contribution is 5.78. The quantitative estimate of drug-likeness (QED) is 0.490. The van der Waals surface area contributed by atoms with Crippen molar-refractivity contribution in [2.75, 3.05) is 32.9 Å². The monoisotopic (exact) mass is 379 g/mol. The van der Waals surface area contributed by atoms with Crippen molar-refractivity contribution < 1.29 is 23.8 Å². The van der Waals surface area contributed by atoms with Crippen molar-refractivity contribution in [3.05, 3.63) is 23.8 Å². The molecule has 0 saturated heterocycles. The summed E-state index contributed by atoms with van der Waals surface area (Å²) in [6.07, 6.45) is 2.81. The Bertz CT molecular complexity index is 582. The van der Waals surface area contributed by atoms with Gasteiger partial charge in [0, 0.05) is 13.1 Å². The van der Waals surface area contributed by atoms with Gasteiger partial charge in [0.15, 0.2) is 18.1 Å². The van der Waals surface area contributed by atoms with E-state index in [4.69, 9.17) is 14.2 Å². The highest BCUT2D eigenvalue weighted by Gasteiger charge is 2.15. The first-order chi connectivity index (χ1) is 13.0. The Morgan fingerprint density at radius 2 is 1.63 bits per heavy atom. The van der Waals surface area contributed by atoms with Gasteiger partial charge in [-0.1, -0.05) is 26.8 Å². The maximum absolute atomic E-state index is 12.4. The molecule has 1 rings (SSSR count). The van der Waals surface area contributed by atoms with Gasteiger partial charge < -0.3 is 19.1 Å². The Morgan fingerprint density at radius 1 is 0.926 bits per heavy atom. The summed E-state index contributed by atoms with van der Waals surface area (Å²) in [5.41, 5.74) is 0.789. The van der Waals surface area contributed by atoms with Crippen LogP contribution < -0.4 is 9.47 Å². The fourth-order valence-electron chi connectivity index (χ4n) is 2.62. The summed E-state index contributed by atoms with van der Waals surface area (Å²) in [5, 5.41) is 0. The Hall–Kier alpha value is -2.24. The van der Waals surface area contributed by atoms with E-state index in [2.05, 4.69) is 0 Å². The molecule has 0 bridgehead atoms. The lowest BCUT2D eigenvalue weighted by molar-refractivity contribution is -0.142. The van der Waals surface area contributed by atoms with Crippen molar-refractivity contribution in [2.24, 2.45) is 0 Å². The molecule has 0 unspecified atom stereocenters. The van der Waals surface area contributed by atoms with Crippen molar-refractivity contribution >= 4 is 11.9 Å². The number of ether oxygens (including phenoxy) is 3. The molecule has 1 aromatic carbocycles. The summed E-state index contributed by atoms with van der Waals surface area (Å²) in [7, 11) is 0. The Kier molecular flexibility index (Phi) is 11.0. The van der Waals surface area contributed by atoms with E-state index in [0.29, 0.717) is 24.7 Å². The number of amides is 1. The van der Waals surface area contributed by atoms with Crippen LogP contribution in [0.2, 0.25) is 0 Å². The number of carbonyl (C=O) groups is 2. The summed E-state index contributed by atoms with van der Waals surface area (Å²) >= 11 is 0. The Labute approximate surface area is 162 Å².